The van der Waals surface area contributed by atoms with Crippen LogP contribution in [-0.2, 0) is 10.0 Å². The Hall–Kier alpha value is -2.65. The number of nitro benzene ring substituents is 1. The monoisotopic (exact) mass is 365 g/mol. The summed E-state index contributed by atoms with van der Waals surface area (Å²) in [5.74, 6) is 0. The summed E-state index contributed by atoms with van der Waals surface area (Å²) < 4.78 is 26.7. The molecule has 134 valence electrons. The van der Waals surface area contributed by atoms with Crippen molar-refractivity contribution < 1.29 is 18.4 Å². The Balaban J connectivity index is 2.51. The Labute approximate surface area is 145 Å². The predicted molar refractivity (Wildman–Crippen MR) is 95.0 cm³/mol. The highest BCUT2D eigenvalue weighted by atomic mass is 32.2. The number of sulfonamides is 1. The minimum Gasteiger partial charge on any atom is -0.374 e. The molecule has 9 heteroatoms. The summed E-state index contributed by atoms with van der Waals surface area (Å²) in [6.45, 7) is 3.18. The van der Waals surface area contributed by atoms with E-state index in [1.807, 2.05) is 0 Å². The smallest absolute Gasteiger partial charge is 0.294 e. The third kappa shape index (κ3) is 4.06. The molecular weight excluding hydrogens is 346 g/mol. The zero-order valence-corrected chi connectivity index (χ0v) is 14.6. The van der Waals surface area contributed by atoms with Gasteiger partial charge in [0.05, 0.1) is 15.5 Å². The van der Waals surface area contributed by atoms with E-state index in [1.165, 1.54) is 37.3 Å². The van der Waals surface area contributed by atoms with Crippen LogP contribution >= 0.6 is 0 Å². The van der Waals surface area contributed by atoms with E-state index in [0.29, 0.717) is 0 Å². The number of nitro groups is 1. The third-order valence-electron chi connectivity index (χ3n) is 3.45. The van der Waals surface area contributed by atoms with Crippen LogP contribution in [0.3, 0.4) is 0 Å². The third-order valence-corrected chi connectivity index (χ3v) is 5.37. The Morgan fingerprint density at radius 2 is 1.88 bits per heavy atom. The van der Waals surface area contributed by atoms with E-state index in [2.05, 4.69) is 5.32 Å². The number of nitrogens with one attached hydrogen (secondary N) is 1. The van der Waals surface area contributed by atoms with Crippen LogP contribution in [0.2, 0.25) is 0 Å². The summed E-state index contributed by atoms with van der Waals surface area (Å²) in [5.41, 5.74) is -0.0359. The van der Waals surface area contributed by atoms with Gasteiger partial charge < -0.3 is 10.4 Å². The molecular formula is C16H19N3O5S. The number of anilines is 2. The number of rotatable bonds is 7. The molecule has 0 radical (unpaired) electrons. The van der Waals surface area contributed by atoms with Gasteiger partial charge in [-0.3, -0.25) is 14.4 Å². The van der Waals surface area contributed by atoms with E-state index in [0.717, 1.165) is 4.31 Å². The fourth-order valence-electron chi connectivity index (χ4n) is 2.38. The maximum Gasteiger partial charge on any atom is 0.294 e. The van der Waals surface area contributed by atoms with Crippen LogP contribution in [0.5, 0.6) is 0 Å². The fraction of sp³-hybridized carbons (Fsp3) is 0.250. The first kappa shape index (κ1) is 18.7. The molecule has 0 aromatic heterocycles. The molecule has 0 spiro atoms. The second kappa shape index (κ2) is 7.49. The maximum atomic E-state index is 12.8. The molecule has 1 atom stereocenters. The van der Waals surface area contributed by atoms with E-state index in [-0.39, 0.29) is 28.5 Å². The molecule has 0 saturated heterocycles. The van der Waals surface area contributed by atoms with Crippen molar-refractivity contribution in [3.63, 3.8) is 0 Å². The van der Waals surface area contributed by atoms with Crippen LogP contribution < -0.4 is 9.62 Å². The molecule has 0 amide bonds. The van der Waals surface area contributed by atoms with E-state index in [1.54, 1.807) is 25.1 Å². The number of benzene rings is 2. The zero-order chi connectivity index (χ0) is 18.6. The Morgan fingerprint density at radius 1 is 1.24 bits per heavy atom. The van der Waals surface area contributed by atoms with Crippen molar-refractivity contribution in [2.45, 2.75) is 25.0 Å². The lowest BCUT2D eigenvalue weighted by molar-refractivity contribution is -0.383. The number of nitrogens with zero attached hydrogens (tertiary/aromatic N) is 2. The molecule has 25 heavy (non-hydrogen) atoms. The van der Waals surface area contributed by atoms with Gasteiger partial charge in [0, 0.05) is 12.6 Å². The zero-order valence-electron chi connectivity index (χ0n) is 13.8. The van der Waals surface area contributed by atoms with Crippen LogP contribution in [0.15, 0.2) is 53.4 Å². The second-order valence-electron chi connectivity index (χ2n) is 5.26. The highest BCUT2D eigenvalue weighted by molar-refractivity contribution is 7.92. The van der Waals surface area contributed by atoms with Gasteiger partial charge in [0.25, 0.3) is 15.7 Å². The molecule has 2 N–H and O–H groups in total. The van der Waals surface area contributed by atoms with E-state index < -0.39 is 21.2 Å². The van der Waals surface area contributed by atoms with Crippen LogP contribution in [0, 0.1) is 10.1 Å². The second-order valence-corrected chi connectivity index (χ2v) is 7.12. The summed E-state index contributed by atoms with van der Waals surface area (Å²) in [5, 5.41) is 23.2. The Bertz CT molecular complexity index is 853. The van der Waals surface area contributed by atoms with Gasteiger partial charge in [0.15, 0.2) is 0 Å². The van der Waals surface area contributed by atoms with E-state index in [4.69, 9.17) is 0 Å². The number of aliphatic hydroxyl groups is 1. The van der Waals surface area contributed by atoms with Crippen molar-refractivity contribution in [2.75, 3.05) is 16.2 Å². The molecule has 0 aliphatic rings. The molecule has 0 aliphatic carbocycles. The fourth-order valence-corrected chi connectivity index (χ4v) is 3.87. The molecule has 0 bridgehead atoms. The average Bonchev–Trinajstić information content (AvgIpc) is 2.56. The van der Waals surface area contributed by atoms with Gasteiger partial charge in [-0.2, -0.15) is 0 Å². The summed E-state index contributed by atoms with van der Waals surface area (Å²) in [6.07, 6.45) is -0.986. The average molecular weight is 365 g/mol. The largest absolute Gasteiger partial charge is 0.374 e. The molecule has 1 unspecified atom stereocenters. The standard InChI is InChI=1S/C16H19N3O5S/c1-3-18(25(23,24)14-7-5-4-6-8-14)13-9-10-15(17-12(2)20)16(11-13)19(21)22/h4-12,17,20H,3H2,1-2H3. The van der Waals surface area contributed by atoms with E-state index >= 15 is 0 Å². The topological polar surface area (TPSA) is 113 Å². The lowest BCUT2D eigenvalue weighted by Gasteiger charge is -2.23. The molecule has 2 rings (SSSR count). The summed E-state index contributed by atoms with van der Waals surface area (Å²) in [7, 11) is -3.84. The van der Waals surface area contributed by atoms with Crippen molar-refractivity contribution in [1.29, 1.82) is 0 Å². The summed E-state index contributed by atoms with van der Waals surface area (Å²) in [6, 6.07) is 11.9. The highest BCUT2D eigenvalue weighted by Crippen LogP contribution is 2.32. The lowest BCUT2D eigenvalue weighted by atomic mass is 10.2. The molecule has 2 aromatic rings. The molecule has 0 aliphatic heterocycles. The first-order valence-electron chi connectivity index (χ1n) is 7.58. The first-order chi connectivity index (χ1) is 11.8. The van der Waals surface area contributed by atoms with Gasteiger partial charge in [-0.15, -0.1) is 0 Å². The molecule has 0 fully saturated rings. The summed E-state index contributed by atoms with van der Waals surface area (Å²) in [4.78, 5) is 10.8. The van der Waals surface area contributed by atoms with Crippen LogP contribution in [0.4, 0.5) is 17.1 Å². The molecule has 2 aromatic carbocycles. The minimum atomic E-state index is -3.84. The van der Waals surface area contributed by atoms with Crippen LogP contribution in [-0.4, -0.2) is 31.2 Å². The van der Waals surface area contributed by atoms with Crippen LogP contribution in [0.1, 0.15) is 13.8 Å². The molecule has 0 heterocycles. The van der Waals surface area contributed by atoms with Crippen molar-refractivity contribution in [1.82, 2.24) is 0 Å². The molecule has 8 nitrogen and oxygen atoms in total. The Kier molecular flexibility index (Phi) is 5.60. The van der Waals surface area contributed by atoms with Gasteiger partial charge in [-0.25, -0.2) is 8.42 Å². The maximum absolute atomic E-state index is 12.8. The normalized spacial score (nSPS) is 12.4. The van der Waals surface area contributed by atoms with Crippen molar-refractivity contribution in [3.8, 4) is 0 Å². The highest BCUT2D eigenvalue weighted by Gasteiger charge is 2.26. The number of hydrogen-bond donors (Lipinski definition) is 2. The predicted octanol–water partition coefficient (Wildman–Crippen LogP) is 2.56. The molecule has 0 saturated carbocycles. The number of hydrogen-bond acceptors (Lipinski definition) is 6. The number of aliphatic hydroxyl groups excluding tert-OH is 1. The van der Waals surface area contributed by atoms with Crippen molar-refractivity contribution >= 4 is 27.1 Å². The van der Waals surface area contributed by atoms with Crippen molar-refractivity contribution in [3.05, 3.63) is 58.6 Å². The quantitative estimate of drug-likeness (QED) is 0.443. The van der Waals surface area contributed by atoms with Crippen LogP contribution in [0.25, 0.3) is 0 Å². The summed E-state index contributed by atoms with van der Waals surface area (Å²) >= 11 is 0. The van der Waals surface area contributed by atoms with E-state index in [9.17, 15) is 23.6 Å². The first-order valence-corrected chi connectivity index (χ1v) is 9.02. The lowest BCUT2D eigenvalue weighted by Crippen LogP contribution is -2.30. The van der Waals surface area contributed by atoms with Gasteiger partial charge in [0.2, 0.25) is 0 Å². The van der Waals surface area contributed by atoms with Gasteiger partial charge >= 0.3 is 0 Å². The minimum absolute atomic E-state index is 0.102. The van der Waals surface area contributed by atoms with Crippen molar-refractivity contribution in [2.24, 2.45) is 0 Å². The van der Waals surface area contributed by atoms with Gasteiger partial charge in [0.1, 0.15) is 11.9 Å². The SMILES string of the molecule is CCN(c1ccc(NC(C)O)c([N+](=O)[O-])c1)S(=O)(=O)c1ccccc1. The van der Waals surface area contributed by atoms with Gasteiger partial charge in [-0.05, 0) is 38.1 Å². The van der Waals surface area contributed by atoms with Gasteiger partial charge in [-0.1, -0.05) is 18.2 Å². The Morgan fingerprint density at radius 3 is 2.40 bits per heavy atom.